The van der Waals surface area contributed by atoms with E-state index in [0.717, 1.165) is 13.2 Å². The average molecular weight is 117 g/mol. The van der Waals surface area contributed by atoms with Crippen LogP contribution >= 0.6 is 0 Å². The van der Waals surface area contributed by atoms with Gasteiger partial charge in [0.15, 0.2) is 0 Å². The van der Waals surface area contributed by atoms with Crippen molar-refractivity contribution >= 4 is 0 Å². The smallest absolute Gasteiger partial charge is 0.0671 e. The van der Waals surface area contributed by atoms with Gasteiger partial charge >= 0.3 is 0 Å². The molecule has 2 heteroatoms. The summed E-state index contributed by atoms with van der Waals surface area (Å²) in [5.41, 5.74) is 0. The van der Waals surface area contributed by atoms with Gasteiger partial charge < -0.3 is 10.1 Å². The van der Waals surface area contributed by atoms with Crippen LogP contribution in [0, 0.1) is 0 Å². The number of ether oxygens (including phenoxy) is 1. The fraction of sp³-hybridized carbons (Fsp3) is 1.00. The molecule has 0 radical (unpaired) electrons. The van der Waals surface area contributed by atoms with Gasteiger partial charge in [-0.3, -0.25) is 0 Å². The van der Waals surface area contributed by atoms with Crippen molar-refractivity contribution in [3.63, 3.8) is 0 Å². The van der Waals surface area contributed by atoms with Crippen LogP contribution in [-0.4, -0.2) is 26.3 Å². The highest BCUT2D eigenvalue weighted by molar-refractivity contribution is 4.49. The van der Waals surface area contributed by atoms with E-state index >= 15 is 0 Å². The third-order valence-corrected chi connectivity index (χ3v) is 0.943. The zero-order valence-corrected chi connectivity index (χ0v) is 5.90. The van der Waals surface area contributed by atoms with Gasteiger partial charge in [0.05, 0.1) is 6.10 Å². The molecule has 0 rings (SSSR count). The Bertz CT molecular complexity index is 41.8. The highest BCUT2D eigenvalue weighted by Gasteiger charge is 1.94. The minimum Gasteiger partial charge on any atom is -0.377 e. The Balaban J connectivity index is 2.92. The second kappa shape index (κ2) is 5.06. The van der Waals surface area contributed by atoms with E-state index in [1.54, 1.807) is 0 Å². The Labute approximate surface area is 51.2 Å². The van der Waals surface area contributed by atoms with Crippen molar-refractivity contribution in [2.24, 2.45) is 0 Å². The minimum absolute atomic E-state index is 0.352. The molecule has 2 nitrogen and oxygen atoms in total. The van der Waals surface area contributed by atoms with Crippen LogP contribution in [0.1, 0.15) is 13.8 Å². The van der Waals surface area contributed by atoms with Gasteiger partial charge in [-0.2, -0.15) is 0 Å². The van der Waals surface area contributed by atoms with E-state index in [-0.39, 0.29) is 0 Å². The van der Waals surface area contributed by atoms with E-state index in [4.69, 9.17) is 4.74 Å². The molecule has 50 valence electrons. The molecule has 1 atom stereocenters. The summed E-state index contributed by atoms with van der Waals surface area (Å²) in [7, 11) is 1.93. The molecule has 0 aromatic rings. The van der Waals surface area contributed by atoms with Crippen LogP contribution in [0.25, 0.3) is 0 Å². The summed E-state index contributed by atoms with van der Waals surface area (Å²) in [6, 6.07) is 0. The Morgan fingerprint density at radius 1 is 1.62 bits per heavy atom. The molecular weight excluding hydrogens is 102 g/mol. The first-order valence-corrected chi connectivity index (χ1v) is 3.07. The van der Waals surface area contributed by atoms with Crippen molar-refractivity contribution in [3.8, 4) is 0 Å². The van der Waals surface area contributed by atoms with Crippen LogP contribution in [0.5, 0.6) is 0 Å². The van der Waals surface area contributed by atoms with Crippen molar-refractivity contribution in [1.29, 1.82) is 0 Å². The summed E-state index contributed by atoms with van der Waals surface area (Å²) in [4.78, 5) is 0. The van der Waals surface area contributed by atoms with Gasteiger partial charge in [-0.05, 0) is 20.9 Å². The van der Waals surface area contributed by atoms with Crippen LogP contribution in [0.15, 0.2) is 0 Å². The Hall–Kier alpha value is -0.0800. The second-order valence-electron chi connectivity index (χ2n) is 1.82. The molecule has 0 aromatic carbocycles. The molecule has 0 aliphatic rings. The molecule has 0 aliphatic heterocycles. The lowest BCUT2D eigenvalue weighted by Crippen LogP contribution is -2.23. The number of nitrogens with one attached hydrogen (secondary N) is 1. The van der Waals surface area contributed by atoms with Gasteiger partial charge in [-0.25, -0.2) is 0 Å². The SMILES string of the molecule is CCOC(C)CNC. The minimum atomic E-state index is 0.352. The fourth-order valence-corrected chi connectivity index (χ4v) is 0.631. The largest absolute Gasteiger partial charge is 0.377 e. The quantitative estimate of drug-likeness (QED) is 0.583. The molecule has 0 heterocycles. The average Bonchev–Trinajstić information content (AvgIpc) is 1.68. The third-order valence-electron chi connectivity index (χ3n) is 0.943. The van der Waals surface area contributed by atoms with Gasteiger partial charge in [0.2, 0.25) is 0 Å². The summed E-state index contributed by atoms with van der Waals surface area (Å²) in [5, 5.41) is 3.03. The number of hydrogen-bond acceptors (Lipinski definition) is 2. The van der Waals surface area contributed by atoms with E-state index in [0.29, 0.717) is 6.10 Å². The highest BCUT2D eigenvalue weighted by atomic mass is 16.5. The van der Waals surface area contributed by atoms with Crippen LogP contribution in [0.3, 0.4) is 0 Å². The normalized spacial score (nSPS) is 13.9. The lowest BCUT2D eigenvalue weighted by atomic mass is 10.4. The second-order valence-corrected chi connectivity index (χ2v) is 1.82. The number of likely N-dealkylation sites (N-methyl/N-ethyl adjacent to an activating group) is 1. The molecular formula is C6H15NO. The molecule has 8 heavy (non-hydrogen) atoms. The van der Waals surface area contributed by atoms with Gasteiger partial charge in [-0.1, -0.05) is 0 Å². The zero-order chi connectivity index (χ0) is 6.41. The lowest BCUT2D eigenvalue weighted by Gasteiger charge is -2.08. The predicted octanol–water partition coefficient (Wildman–Crippen LogP) is 0.631. The van der Waals surface area contributed by atoms with Crippen molar-refractivity contribution in [2.75, 3.05) is 20.2 Å². The van der Waals surface area contributed by atoms with Crippen molar-refractivity contribution < 1.29 is 4.74 Å². The van der Waals surface area contributed by atoms with E-state index in [9.17, 15) is 0 Å². The fourth-order valence-electron chi connectivity index (χ4n) is 0.631. The predicted molar refractivity (Wildman–Crippen MR) is 35.0 cm³/mol. The Morgan fingerprint density at radius 3 is 2.62 bits per heavy atom. The molecule has 0 aromatic heterocycles. The molecule has 0 bridgehead atoms. The van der Waals surface area contributed by atoms with Gasteiger partial charge in [0.1, 0.15) is 0 Å². The summed E-state index contributed by atoms with van der Waals surface area (Å²) >= 11 is 0. The maximum atomic E-state index is 5.22. The number of hydrogen-bond donors (Lipinski definition) is 1. The first-order chi connectivity index (χ1) is 3.81. The molecule has 0 fully saturated rings. The molecule has 1 N–H and O–H groups in total. The molecule has 0 amide bonds. The first kappa shape index (κ1) is 7.92. The van der Waals surface area contributed by atoms with Gasteiger partial charge in [0, 0.05) is 13.2 Å². The van der Waals surface area contributed by atoms with Crippen LogP contribution < -0.4 is 5.32 Å². The van der Waals surface area contributed by atoms with Crippen LogP contribution in [0.2, 0.25) is 0 Å². The number of rotatable bonds is 4. The molecule has 0 aliphatic carbocycles. The van der Waals surface area contributed by atoms with E-state index < -0.39 is 0 Å². The molecule has 0 saturated carbocycles. The monoisotopic (exact) mass is 117 g/mol. The first-order valence-electron chi connectivity index (χ1n) is 3.07. The highest BCUT2D eigenvalue weighted by Crippen LogP contribution is 1.85. The van der Waals surface area contributed by atoms with Crippen LogP contribution in [-0.2, 0) is 4.74 Å². The van der Waals surface area contributed by atoms with Crippen LogP contribution in [0.4, 0.5) is 0 Å². The summed E-state index contributed by atoms with van der Waals surface area (Å²) < 4.78 is 5.22. The topological polar surface area (TPSA) is 21.3 Å². The van der Waals surface area contributed by atoms with Gasteiger partial charge in [0.25, 0.3) is 0 Å². The lowest BCUT2D eigenvalue weighted by molar-refractivity contribution is 0.0776. The molecule has 0 spiro atoms. The van der Waals surface area contributed by atoms with Crippen molar-refractivity contribution in [1.82, 2.24) is 5.32 Å². The van der Waals surface area contributed by atoms with Crippen molar-refractivity contribution in [3.05, 3.63) is 0 Å². The van der Waals surface area contributed by atoms with E-state index in [1.807, 2.05) is 14.0 Å². The van der Waals surface area contributed by atoms with Gasteiger partial charge in [-0.15, -0.1) is 0 Å². The summed E-state index contributed by atoms with van der Waals surface area (Å²) in [6.07, 6.45) is 0.352. The Morgan fingerprint density at radius 2 is 2.25 bits per heavy atom. The third kappa shape index (κ3) is 4.09. The standard InChI is InChI=1S/C6H15NO/c1-4-8-6(2)5-7-3/h6-7H,4-5H2,1-3H3. The maximum Gasteiger partial charge on any atom is 0.0671 e. The van der Waals surface area contributed by atoms with Crippen molar-refractivity contribution in [2.45, 2.75) is 20.0 Å². The molecule has 0 saturated heterocycles. The summed E-state index contributed by atoms with van der Waals surface area (Å²) in [5.74, 6) is 0. The maximum absolute atomic E-state index is 5.22. The van der Waals surface area contributed by atoms with E-state index in [2.05, 4.69) is 12.2 Å². The molecule has 1 unspecified atom stereocenters. The van der Waals surface area contributed by atoms with E-state index in [1.165, 1.54) is 0 Å². The summed E-state index contributed by atoms with van der Waals surface area (Å²) in [6.45, 7) is 5.81. The Kier molecular flexibility index (Phi) is 5.01. The zero-order valence-electron chi connectivity index (χ0n) is 5.90.